The number of rotatable bonds is 8. The second-order valence-electron chi connectivity index (χ2n) is 5.13. The van der Waals surface area contributed by atoms with E-state index in [1.807, 2.05) is 24.3 Å². The molecule has 2 rings (SSSR count). The van der Waals surface area contributed by atoms with Crippen molar-refractivity contribution < 1.29 is 14.2 Å². The minimum atomic E-state index is 0.240. The van der Waals surface area contributed by atoms with Gasteiger partial charge in [0.1, 0.15) is 5.75 Å². The summed E-state index contributed by atoms with van der Waals surface area (Å²) >= 11 is 0. The second kappa shape index (κ2) is 8.25. The largest absolute Gasteiger partial charge is 0.497 e. The lowest BCUT2D eigenvalue weighted by atomic mass is 10.2. The Morgan fingerprint density at radius 3 is 2.95 bits per heavy atom. The average Bonchev–Trinajstić information content (AvgIpc) is 2.93. The SMILES string of the molecule is CCNCC1CCC(COCc2cccc(OC)c2)O1. The zero-order chi connectivity index (χ0) is 14.2. The quantitative estimate of drug-likeness (QED) is 0.793. The van der Waals surface area contributed by atoms with Crippen LogP contribution >= 0.6 is 0 Å². The maximum Gasteiger partial charge on any atom is 0.119 e. The van der Waals surface area contributed by atoms with Crippen molar-refractivity contribution in [3.05, 3.63) is 29.8 Å². The van der Waals surface area contributed by atoms with Crippen molar-refractivity contribution >= 4 is 0 Å². The van der Waals surface area contributed by atoms with E-state index in [0.29, 0.717) is 19.3 Å². The number of methoxy groups -OCH3 is 1. The van der Waals surface area contributed by atoms with E-state index in [1.165, 1.54) is 0 Å². The second-order valence-corrected chi connectivity index (χ2v) is 5.13. The zero-order valence-corrected chi connectivity index (χ0v) is 12.4. The highest BCUT2D eigenvalue weighted by Gasteiger charge is 2.24. The molecule has 20 heavy (non-hydrogen) atoms. The fourth-order valence-corrected chi connectivity index (χ4v) is 2.43. The standard InChI is InChI=1S/C16H25NO3/c1-3-17-10-15-7-8-16(20-15)12-19-11-13-5-4-6-14(9-13)18-2/h4-6,9,15-17H,3,7-8,10-12H2,1-2H3. The van der Waals surface area contributed by atoms with Crippen molar-refractivity contribution in [3.8, 4) is 5.75 Å². The Balaban J connectivity index is 1.66. The van der Waals surface area contributed by atoms with Crippen molar-refractivity contribution in [1.82, 2.24) is 5.32 Å². The van der Waals surface area contributed by atoms with Crippen LogP contribution in [-0.2, 0) is 16.1 Å². The van der Waals surface area contributed by atoms with Gasteiger partial charge >= 0.3 is 0 Å². The lowest BCUT2D eigenvalue weighted by Crippen LogP contribution is -2.27. The summed E-state index contributed by atoms with van der Waals surface area (Å²) in [7, 11) is 1.68. The fraction of sp³-hybridized carbons (Fsp3) is 0.625. The molecule has 1 saturated heterocycles. The van der Waals surface area contributed by atoms with Gasteiger partial charge in [0, 0.05) is 6.54 Å². The molecular weight excluding hydrogens is 254 g/mol. The summed E-state index contributed by atoms with van der Waals surface area (Å²) in [6, 6.07) is 7.97. The lowest BCUT2D eigenvalue weighted by molar-refractivity contribution is -0.0189. The molecule has 1 aromatic rings. The van der Waals surface area contributed by atoms with E-state index < -0.39 is 0 Å². The first-order valence-electron chi connectivity index (χ1n) is 7.38. The van der Waals surface area contributed by atoms with Crippen molar-refractivity contribution in [2.24, 2.45) is 0 Å². The molecule has 1 aliphatic heterocycles. The van der Waals surface area contributed by atoms with Gasteiger partial charge < -0.3 is 19.5 Å². The molecule has 4 nitrogen and oxygen atoms in total. The number of benzene rings is 1. The molecule has 112 valence electrons. The Kier molecular flexibility index (Phi) is 6.30. The molecule has 2 unspecified atom stereocenters. The summed E-state index contributed by atoms with van der Waals surface area (Å²) in [5.41, 5.74) is 1.13. The first kappa shape index (κ1) is 15.3. The maximum absolute atomic E-state index is 5.93. The van der Waals surface area contributed by atoms with Crippen LogP contribution in [0.5, 0.6) is 5.75 Å². The number of likely N-dealkylation sites (N-methyl/N-ethyl adjacent to an activating group) is 1. The zero-order valence-electron chi connectivity index (χ0n) is 12.4. The molecular formula is C16H25NO3. The lowest BCUT2D eigenvalue weighted by Gasteiger charge is -2.14. The molecule has 1 heterocycles. The van der Waals surface area contributed by atoms with E-state index in [2.05, 4.69) is 12.2 Å². The molecule has 1 fully saturated rings. The summed E-state index contributed by atoms with van der Waals surface area (Å²) in [5, 5.41) is 3.33. The van der Waals surface area contributed by atoms with Crippen molar-refractivity contribution in [2.45, 2.75) is 38.6 Å². The third-order valence-corrected chi connectivity index (χ3v) is 3.52. The summed E-state index contributed by atoms with van der Waals surface area (Å²) < 4.78 is 16.9. The number of ether oxygens (including phenoxy) is 3. The van der Waals surface area contributed by atoms with E-state index in [4.69, 9.17) is 14.2 Å². The summed E-state index contributed by atoms with van der Waals surface area (Å²) in [5.74, 6) is 0.869. The third-order valence-electron chi connectivity index (χ3n) is 3.52. The van der Waals surface area contributed by atoms with Crippen LogP contribution in [0.15, 0.2) is 24.3 Å². The van der Waals surface area contributed by atoms with E-state index in [0.717, 1.165) is 37.2 Å². The van der Waals surface area contributed by atoms with Gasteiger partial charge in [-0.2, -0.15) is 0 Å². The summed E-state index contributed by atoms with van der Waals surface area (Å²) in [6.45, 7) is 5.33. The first-order chi connectivity index (χ1) is 9.81. The first-order valence-corrected chi connectivity index (χ1v) is 7.38. The molecule has 0 amide bonds. The number of hydrogen-bond donors (Lipinski definition) is 1. The Hall–Kier alpha value is -1.10. The molecule has 1 aliphatic rings. The van der Waals surface area contributed by atoms with Gasteiger partial charge in [-0.3, -0.25) is 0 Å². The average molecular weight is 279 g/mol. The monoisotopic (exact) mass is 279 g/mol. The fourth-order valence-electron chi connectivity index (χ4n) is 2.43. The molecule has 4 heteroatoms. The van der Waals surface area contributed by atoms with Gasteiger partial charge in [-0.05, 0) is 37.1 Å². The maximum atomic E-state index is 5.93. The molecule has 0 radical (unpaired) electrons. The highest BCUT2D eigenvalue weighted by molar-refractivity contribution is 5.27. The highest BCUT2D eigenvalue weighted by atomic mass is 16.5. The molecule has 0 saturated carbocycles. The van der Waals surface area contributed by atoms with Crippen LogP contribution in [0.25, 0.3) is 0 Å². The Bertz CT molecular complexity index is 397. The molecule has 0 aromatic heterocycles. The Labute approximate surface area is 121 Å². The number of hydrogen-bond acceptors (Lipinski definition) is 4. The topological polar surface area (TPSA) is 39.7 Å². The Morgan fingerprint density at radius 2 is 2.15 bits per heavy atom. The Morgan fingerprint density at radius 1 is 1.30 bits per heavy atom. The van der Waals surface area contributed by atoms with E-state index in [1.54, 1.807) is 7.11 Å². The van der Waals surface area contributed by atoms with Crippen LogP contribution in [0.1, 0.15) is 25.3 Å². The van der Waals surface area contributed by atoms with Gasteiger partial charge in [-0.1, -0.05) is 19.1 Å². The van der Waals surface area contributed by atoms with Gasteiger partial charge in [0.2, 0.25) is 0 Å². The predicted octanol–water partition coefficient (Wildman–Crippen LogP) is 2.37. The predicted molar refractivity (Wildman–Crippen MR) is 79.1 cm³/mol. The minimum absolute atomic E-state index is 0.240. The summed E-state index contributed by atoms with van der Waals surface area (Å²) in [4.78, 5) is 0. The van der Waals surface area contributed by atoms with Crippen molar-refractivity contribution in [1.29, 1.82) is 0 Å². The molecule has 0 bridgehead atoms. The third kappa shape index (κ3) is 4.78. The molecule has 1 N–H and O–H groups in total. The van der Waals surface area contributed by atoms with Crippen LogP contribution < -0.4 is 10.1 Å². The summed E-state index contributed by atoms with van der Waals surface area (Å²) in [6.07, 6.45) is 2.80. The van der Waals surface area contributed by atoms with E-state index in [9.17, 15) is 0 Å². The van der Waals surface area contributed by atoms with Crippen LogP contribution in [-0.4, -0.2) is 39.0 Å². The van der Waals surface area contributed by atoms with Gasteiger partial charge in [-0.15, -0.1) is 0 Å². The van der Waals surface area contributed by atoms with Crippen molar-refractivity contribution in [3.63, 3.8) is 0 Å². The highest BCUT2D eigenvalue weighted by Crippen LogP contribution is 2.20. The van der Waals surface area contributed by atoms with Gasteiger partial charge in [0.25, 0.3) is 0 Å². The molecule has 0 spiro atoms. The smallest absolute Gasteiger partial charge is 0.119 e. The van der Waals surface area contributed by atoms with Gasteiger partial charge in [0.05, 0.1) is 32.5 Å². The van der Waals surface area contributed by atoms with Gasteiger partial charge in [0.15, 0.2) is 0 Å². The normalized spacial score (nSPS) is 22.1. The number of nitrogens with one attached hydrogen (secondary N) is 1. The minimum Gasteiger partial charge on any atom is -0.497 e. The molecule has 0 aliphatic carbocycles. The van der Waals surface area contributed by atoms with Crippen molar-refractivity contribution in [2.75, 3.05) is 26.8 Å². The van der Waals surface area contributed by atoms with Gasteiger partial charge in [-0.25, -0.2) is 0 Å². The van der Waals surface area contributed by atoms with Crippen LogP contribution in [0.2, 0.25) is 0 Å². The molecule has 2 atom stereocenters. The van der Waals surface area contributed by atoms with Crippen LogP contribution in [0, 0.1) is 0 Å². The van der Waals surface area contributed by atoms with E-state index >= 15 is 0 Å². The van der Waals surface area contributed by atoms with Crippen LogP contribution in [0.4, 0.5) is 0 Å². The molecule has 1 aromatic carbocycles. The van der Waals surface area contributed by atoms with Crippen LogP contribution in [0.3, 0.4) is 0 Å². The van der Waals surface area contributed by atoms with E-state index in [-0.39, 0.29) is 6.10 Å².